The minimum atomic E-state index is -0.245. The van der Waals surface area contributed by atoms with Crippen LogP contribution in [0.3, 0.4) is 0 Å². The molecule has 0 aromatic heterocycles. The summed E-state index contributed by atoms with van der Waals surface area (Å²) in [6.07, 6.45) is 4.41. The summed E-state index contributed by atoms with van der Waals surface area (Å²) in [7, 11) is 1.76. The van der Waals surface area contributed by atoms with Gasteiger partial charge in [0.1, 0.15) is 5.82 Å². The Balaban J connectivity index is 1.57. The molecule has 0 N–H and O–H groups in total. The van der Waals surface area contributed by atoms with Gasteiger partial charge in [-0.05, 0) is 49.9 Å². The predicted molar refractivity (Wildman–Crippen MR) is 80.8 cm³/mol. The highest BCUT2D eigenvalue weighted by Crippen LogP contribution is 2.37. The molecule has 1 amide bonds. The van der Waals surface area contributed by atoms with E-state index in [1.165, 1.54) is 23.9 Å². The van der Waals surface area contributed by atoms with Crippen molar-refractivity contribution in [1.29, 1.82) is 0 Å². The number of piperidine rings is 1. The van der Waals surface area contributed by atoms with Gasteiger partial charge in [-0.1, -0.05) is 0 Å². The number of halogens is 1. The van der Waals surface area contributed by atoms with Crippen LogP contribution in [0.1, 0.15) is 25.7 Å². The summed E-state index contributed by atoms with van der Waals surface area (Å²) >= 11 is 1.48. The molecule has 21 heavy (non-hydrogen) atoms. The van der Waals surface area contributed by atoms with Crippen molar-refractivity contribution in [2.75, 3.05) is 12.9 Å². The molecule has 3 rings (SSSR count). The number of hydrogen-bond acceptors (Lipinski definition) is 3. The Labute approximate surface area is 128 Å². The molecule has 0 aliphatic carbocycles. The SMILES string of the molecule is COC1CC2CCC(C1)N2C(=O)CSc1ccc(F)cc1. The number of thioether (sulfide) groups is 1. The second-order valence-electron chi connectivity index (χ2n) is 5.76. The summed E-state index contributed by atoms with van der Waals surface area (Å²) in [4.78, 5) is 15.5. The molecule has 2 bridgehead atoms. The first-order valence-corrected chi connectivity index (χ1v) is 8.38. The van der Waals surface area contributed by atoms with Crippen molar-refractivity contribution in [3.8, 4) is 0 Å². The topological polar surface area (TPSA) is 29.5 Å². The molecular formula is C16H20FNO2S. The van der Waals surface area contributed by atoms with Crippen molar-refractivity contribution >= 4 is 17.7 Å². The van der Waals surface area contributed by atoms with Crippen LogP contribution >= 0.6 is 11.8 Å². The van der Waals surface area contributed by atoms with E-state index >= 15 is 0 Å². The molecular weight excluding hydrogens is 289 g/mol. The Morgan fingerprint density at radius 2 is 1.90 bits per heavy atom. The zero-order chi connectivity index (χ0) is 14.8. The minimum Gasteiger partial charge on any atom is -0.381 e. The lowest BCUT2D eigenvalue weighted by molar-refractivity contribution is -0.135. The van der Waals surface area contributed by atoms with Crippen LogP contribution in [0.5, 0.6) is 0 Å². The Bertz CT molecular complexity index is 494. The first-order valence-electron chi connectivity index (χ1n) is 7.39. The molecule has 0 radical (unpaired) electrons. The molecule has 1 aromatic carbocycles. The summed E-state index contributed by atoms with van der Waals surface area (Å²) in [5, 5.41) is 0. The van der Waals surface area contributed by atoms with Gasteiger partial charge in [0.15, 0.2) is 0 Å². The maximum absolute atomic E-state index is 12.9. The second-order valence-corrected chi connectivity index (χ2v) is 6.81. The normalized spacial score (nSPS) is 27.9. The van der Waals surface area contributed by atoms with E-state index in [0.29, 0.717) is 23.9 Å². The number of nitrogens with zero attached hydrogens (tertiary/aromatic N) is 1. The van der Waals surface area contributed by atoms with Crippen LogP contribution in [0.2, 0.25) is 0 Å². The Morgan fingerprint density at radius 3 is 2.48 bits per heavy atom. The average molecular weight is 309 g/mol. The molecule has 2 fully saturated rings. The number of carbonyl (C=O) groups excluding carboxylic acids is 1. The Morgan fingerprint density at radius 1 is 1.29 bits per heavy atom. The summed E-state index contributed by atoms with van der Waals surface area (Å²) in [5.74, 6) is 0.382. The highest BCUT2D eigenvalue weighted by atomic mass is 32.2. The Hall–Kier alpha value is -1.07. The molecule has 2 atom stereocenters. The molecule has 5 heteroatoms. The fourth-order valence-corrected chi connectivity index (χ4v) is 4.24. The van der Waals surface area contributed by atoms with E-state index in [1.54, 1.807) is 19.2 Å². The van der Waals surface area contributed by atoms with E-state index in [4.69, 9.17) is 4.74 Å². The van der Waals surface area contributed by atoms with Gasteiger partial charge in [-0.2, -0.15) is 0 Å². The maximum Gasteiger partial charge on any atom is 0.233 e. The standard InChI is InChI=1S/C16H20FNO2S/c1-20-14-8-12-4-5-13(9-14)18(12)16(19)10-21-15-6-2-11(17)3-7-15/h2-3,6-7,12-14H,4-5,8-10H2,1H3. The van der Waals surface area contributed by atoms with Crippen molar-refractivity contribution < 1.29 is 13.9 Å². The van der Waals surface area contributed by atoms with Crippen LogP contribution in [-0.4, -0.2) is 41.9 Å². The quantitative estimate of drug-likeness (QED) is 0.801. The minimum absolute atomic E-state index is 0.200. The molecule has 0 saturated carbocycles. The van der Waals surface area contributed by atoms with Crippen molar-refractivity contribution in [3.05, 3.63) is 30.1 Å². The third-order valence-corrected chi connectivity index (χ3v) is 5.48. The molecule has 2 unspecified atom stereocenters. The number of ether oxygens (including phenoxy) is 1. The van der Waals surface area contributed by atoms with Gasteiger partial charge in [0, 0.05) is 24.1 Å². The zero-order valence-corrected chi connectivity index (χ0v) is 12.9. The van der Waals surface area contributed by atoms with Crippen LogP contribution in [0.25, 0.3) is 0 Å². The second kappa shape index (κ2) is 6.36. The van der Waals surface area contributed by atoms with Gasteiger partial charge >= 0.3 is 0 Å². The summed E-state index contributed by atoms with van der Waals surface area (Å²) in [6.45, 7) is 0. The molecule has 2 saturated heterocycles. The van der Waals surface area contributed by atoms with Crippen LogP contribution in [0, 0.1) is 5.82 Å². The fourth-order valence-electron chi connectivity index (χ4n) is 3.48. The lowest BCUT2D eigenvalue weighted by Gasteiger charge is -2.38. The van der Waals surface area contributed by atoms with Crippen molar-refractivity contribution in [3.63, 3.8) is 0 Å². The van der Waals surface area contributed by atoms with Gasteiger partial charge in [0.2, 0.25) is 5.91 Å². The van der Waals surface area contributed by atoms with E-state index < -0.39 is 0 Å². The van der Waals surface area contributed by atoms with E-state index in [2.05, 4.69) is 4.90 Å². The number of benzene rings is 1. The third kappa shape index (κ3) is 3.24. The van der Waals surface area contributed by atoms with Crippen molar-refractivity contribution in [1.82, 2.24) is 4.90 Å². The number of carbonyl (C=O) groups is 1. The fraction of sp³-hybridized carbons (Fsp3) is 0.562. The van der Waals surface area contributed by atoms with E-state index in [1.807, 2.05) is 0 Å². The van der Waals surface area contributed by atoms with Gasteiger partial charge in [0.05, 0.1) is 11.9 Å². The largest absolute Gasteiger partial charge is 0.381 e. The number of fused-ring (bicyclic) bond motifs is 2. The first-order chi connectivity index (χ1) is 10.2. The smallest absolute Gasteiger partial charge is 0.233 e. The highest BCUT2D eigenvalue weighted by molar-refractivity contribution is 8.00. The van der Waals surface area contributed by atoms with Crippen molar-refractivity contribution in [2.24, 2.45) is 0 Å². The monoisotopic (exact) mass is 309 g/mol. The molecule has 3 nitrogen and oxygen atoms in total. The highest BCUT2D eigenvalue weighted by Gasteiger charge is 2.42. The maximum atomic E-state index is 12.9. The molecule has 2 heterocycles. The first kappa shape index (κ1) is 14.9. The van der Waals surface area contributed by atoms with E-state index in [-0.39, 0.29) is 11.7 Å². The summed E-state index contributed by atoms with van der Waals surface area (Å²) in [6, 6.07) is 6.99. The van der Waals surface area contributed by atoms with Gasteiger partial charge in [-0.3, -0.25) is 4.79 Å². The van der Waals surface area contributed by atoms with Gasteiger partial charge in [0.25, 0.3) is 0 Å². The lowest BCUT2D eigenvalue weighted by Crippen LogP contribution is -2.49. The number of methoxy groups -OCH3 is 1. The molecule has 1 aromatic rings. The van der Waals surface area contributed by atoms with Crippen LogP contribution < -0.4 is 0 Å². The van der Waals surface area contributed by atoms with Crippen molar-refractivity contribution in [2.45, 2.75) is 48.8 Å². The molecule has 0 spiro atoms. The molecule has 114 valence electrons. The van der Waals surface area contributed by atoms with E-state index in [9.17, 15) is 9.18 Å². The van der Waals surface area contributed by atoms with Crippen LogP contribution in [-0.2, 0) is 9.53 Å². The summed E-state index contributed by atoms with van der Waals surface area (Å²) in [5.41, 5.74) is 0. The average Bonchev–Trinajstić information content (AvgIpc) is 2.77. The van der Waals surface area contributed by atoms with Gasteiger partial charge in [-0.25, -0.2) is 4.39 Å². The number of hydrogen-bond donors (Lipinski definition) is 0. The molecule has 2 aliphatic heterocycles. The Kier molecular flexibility index (Phi) is 4.50. The van der Waals surface area contributed by atoms with Crippen LogP contribution in [0.15, 0.2) is 29.2 Å². The zero-order valence-electron chi connectivity index (χ0n) is 12.1. The summed E-state index contributed by atoms with van der Waals surface area (Å²) < 4.78 is 18.3. The molecule has 2 aliphatic rings. The van der Waals surface area contributed by atoms with Crippen LogP contribution in [0.4, 0.5) is 4.39 Å². The third-order valence-electron chi connectivity index (χ3n) is 4.49. The van der Waals surface area contributed by atoms with Gasteiger partial charge in [-0.15, -0.1) is 11.8 Å². The van der Waals surface area contributed by atoms with E-state index in [0.717, 1.165) is 30.6 Å². The predicted octanol–water partition coefficient (Wildman–Crippen LogP) is 3.09. The number of rotatable bonds is 4. The van der Waals surface area contributed by atoms with Gasteiger partial charge < -0.3 is 9.64 Å². The lowest BCUT2D eigenvalue weighted by atomic mass is 10.00. The number of amides is 1.